The Morgan fingerprint density at radius 1 is 1.82 bits per heavy atom. The molecule has 5 heteroatoms. The van der Waals surface area contributed by atoms with Crippen LogP contribution in [-0.2, 0) is 11.3 Å². The summed E-state index contributed by atoms with van der Waals surface area (Å²) in [6.45, 7) is 0.720. The first-order chi connectivity index (χ1) is 5.29. The molecule has 1 heterocycles. The van der Waals surface area contributed by atoms with Crippen molar-refractivity contribution in [2.45, 2.75) is 6.54 Å². The summed E-state index contributed by atoms with van der Waals surface area (Å²) >= 11 is 0. The van der Waals surface area contributed by atoms with E-state index in [1.165, 1.54) is 6.26 Å². The molecule has 1 aromatic rings. The first kappa shape index (κ1) is 7.74. The van der Waals surface area contributed by atoms with Crippen LogP contribution >= 0.6 is 0 Å². The number of carbonyl (C=O) groups excluding carboxylic acids is 1. The summed E-state index contributed by atoms with van der Waals surface area (Å²) in [4.78, 5) is 10.2. The summed E-state index contributed by atoms with van der Waals surface area (Å²) in [6.07, 6.45) is 3.09. The van der Waals surface area contributed by atoms with E-state index in [2.05, 4.69) is 15.0 Å². The number of aromatic nitrogens is 1. The molecule has 5 nitrogen and oxygen atoms in total. The van der Waals surface area contributed by atoms with Crippen LogP contribution in [-0.4, -0.2) is 17.6 Å². The van der Waals surface area contributed by atoms with Crippen molar-refractivity contribution in [1.29, 1.82) is 0 Å². The van der Waals surface area contributed by atoms with E-state index in [9.17, 15) is 4.79 Å². The summed E-state index contributed by atoms with van der Waals surface area (Å²) in [5.74, 6) is -0.374. The molecule has 0 aliphatic heterocycles. The van der Waals surface area contributed by atoms with Gasteiger partial charge in [-0.3, -0.25) is 4.79 Å². The normalized spacial score (nSPS) is 9.82. The first-order valence-electron chi connectivity index (χ1n) is 3.16. The number of nitrogens with zero attached hydrogens (tertiary/aromatic N) is 1. The Morgan fingerprint density at radius 2 is 2.64 bits per heavy atom. The van der Waals surface area contributed by atoms with Crippen molar-refractivity contribution in [2.75, 3.05) is 6.54 Å². The Bertz CT molecular complexity index is 220. The molecular weight excluding hydrogens is 146 g/mol. The lowest BCUT2D eigenvalue weighted by molar-refractivity contribution is -0.117. The molecule has 1 aromatic heterocycles. The average Bonchev–Trinajstić information content (AvgIpc) is 2.39. The number of hydrogen-bond acceptors (Lipinski definition) is 4. The van der Waals surface area contributed by atoms with E-state index in [4.69, 9.17) is 5.73 Å². The molecule has 0 unspecified atom stereocenters. The third kappa shape index (κ3) is 2.81. The highest BCUT2D eigenvalue weighted by Crippen LogP contribution is 1.93. The zero-order valence-corrected chi connectivity index (χ0v) is 5.91. The predicted octanol–water partition coefficient (Wildman–Crippen LogP) is -0.751. The van der Waals surface area contributed by atoms with Crippen LogP contribution < -0.4 is 11.1 Å². The van der Waals surface area contributed by atoms with E-state index in [1.807, 2.05) is 0 Å². The van der Waals surface area contributed by atoms with Gasteiger partial charge in [-0.15, -0.1) is 0 Å². The molecule has 1 amide bonds. The molecule has 0 aromatic carbocycles. The summed E-state index contributed by atoms with van der Waals surface area (Å²) in [7, 11) is 0. The Hall–Kier alpha value is -1.36. The quantitative estimate of drug-likeness (QED) is 0.599. The second-order valence-corrected chi connectivity index (χ2v) is 2.10. The largest absolute Gasteiger partial charge is 0.369 e. The van der Waals surface area contributed by atoms with Crippen molar-refractivity contribution < 1.29 is 9.32 Å². The lowest BCUT2D eigenvalue weighted by Gasteiger charge is -1.96. The van der Waals surface area contributed by atoms with Crippen LogP contribution in [0.4, 0.5) is 0 Å². The van der Waals surface area contributed by atoms with Crippen molar-refractivity contribution in [2.24, 2.45) is 5.73 Å². The van der Waals surface area contributed by atoms with Crippen molar-refractivity contribution in [3.63, 3.8) is 0 Å². The Kier molecular flexibility index (Phi) is 2.62. The van der Waals surface area contributed by atoms with Gasteiger partial charge in [-0.2, -0.15) is 0 Å². The van der Waals surface area contributed by atoms with Gasteiger partial charge >= 0.3 is 0 Å². The maximum Gasteiger partial charge on any atom is 0.231 e. The first-order valence-corrected chi connectivity index (χ1v) is 3.16. The lowest BCUT2D eigenvalue weighted by Crippen LogP contribution is -2.27. The zero-order valence-electron chi connectivity index (χ0n) is 5.91. The highest BCUT2D eigenvalue weighted by molar-refractivity contribution is 5.75. The molecule has 0 aliphatic rings. The molecule has 1 rings (SSSR count). The summed E-state index contributed by atoms with van der Waals surface area (Å²) in [6, 6.07) is 0. The molecule has 11 heavy (non-hydrogen) atoms. The van der Waals surface area contributed by atoms with Gasteiger partial charge in [0.25, 0.3) is 0 Å². The van der Waals surface area contributed by atoms with Crippen molar-refractivity contribution in [3.05, 3.63) is 18.0 Å². The van der Waals surface area contributed by atoms with Gasteiger partial charge in [-0.1, -0.05) is 5.16 Å². The average molecular weight is 155 g/mol. The number of rotatable bonds is 4. The smallest absolute Gasteiger partial charge is 0.231 e. The summed E-state index contributed by atoms with van der Waals surface area (Å²) in [5, 5.41) is 6.30. The van der Waals surface area contributed by atoms with Gasteiger partial charge in [-0.05, 0) is 0 Å². The number of amides is 1. The van der Waals surface area contributed by atoms with Crippen LogP contribution in [0.25, 0.3) is 0 Å². The maximum atomic E-state index is 10.2. The second kappa shape index (κ2) is 3.72. The van der Waals surface area contributed by atoms with E-state index in [0.717, 1.165) is 5.56 Å². The highest BCUT2D eigenvalue weighted by Gasteiger charge is 1.95. The number of primary amides is 1. The van der Waals surface area contributed by atoms with E-state index in [0.29, 0.717) is 6.54 Å². The monoisotopic (exact) mass is 155 g/mol. The fourth-order valence-electron chi connectivity index (χ4n) is 0.644. The van der Waals surface area contributed by atoms with Gasteiger partial charge in [0, 0.05) is 12.1 Å². The minimum atomic E-state index is -0.374. The molecule has 3 N–H and O–H groups in total. The third-order valence-electron chi connectivity index (χ3n) is 1.11. The molecule has 0 radical (unpaired) electrons. The van der Waals surface area contributed by atoms with Crippen LogP contribution in [0.3, 0.4) is 0 Å². The fraction of sp³-hybridized carbons (Fsp3) is 0.333. The second-order valence-electron chi connectivity index (χ2n) is 2.10. The van der Waals surface area contributed by atoms with E-state index >= 15 is 0 Å². The minimum absolute atomic E-state index is 0.172. The van der Waals surface area contributed by atoms with Crippen molar-refractivity contribution in [3.8, 4) is 0 Å². The fourth-order valence-corrected chi connectivity index (χ4v) is 0.644. The molecule has 0 spiro atoms. The summed E-state index contributed by atoms with van der Waals surface area (Å²) < 4.78 is 4.57. The molecule has 0 bridgehead atoms. The van der Waals surface area contributed by atoms with E-state index < -0.39 is 0 Å². The van der Waals surface area contributed by atoms with Gasteiger partial charge in [0.1, 0.15) is 6.26 Å². The molecule has 60 valence electrons. The van der Waals surface area contributed by atoms with E-state index in [1.54, 1.807) is 6.20 Å². The van der Waals surface area contributed by atoms with Gasteiger partial charge in [0.2, 0.25) is 5.91 Å². The van der Waals surface area contributed by atoms with Crippen molar-refractivity contribution >= 4 is 5.91 Å². The van der Waals surface area contributed by atoms with Crippen LogP contribution in [0.2, 0.25) is 0 Å². The third-order valence-corrected chi connectivity index (χ3v) is 1.11. The SMILES string of the molecule is NC(=O)CNCc1cnoc1. The number of hydrogen-bond donors (Lipinski definition) is 2. The van der Waals surface area contributed by atoms with Gasteiger partial charge < -0.3 is 15.6 Å². The standard InChI is InChI=1S/C6H9N3O2/c7-6(10)3-8-1-5-2-9-11-4-5/h2,4,8H,1,3H2,(H2,7,10). The molecule has 0 atom stereocenters. The van der Waals surface area contributed by atoms with Crippen LogP contribution in [0.5, 0.6) is 0 Å². The maximum absolute atomic E-state index is 10.2. The Labute approximate surface area is 63.5 Å². The van der Waals surface area contributed by atoms with Gasteiger partial charge in [-0.25, -0.2) is 0 Å². The minimum Gasteiger partial charge on any atom is -0.369 e. The predicted molar refractivity (Wildman–Crippen MR) is 37.4 cm³/mol. The van der Waals surface area contributed by atoms with Crippen molar-refractivity contribution in [1.82, 2.24) is 10.5 Å². The highest BCUT2D eigenvalue weighted by atomic mass is 16.5. The number of nitrogens with one attached hydrogen (secondary N) is 1. The zero-order chi connectivity index (χ0) is 8.10. The van der Waals surface area contributed by atoms with Gasteiger partial charge in [0.15, 0.2) is 0 Å². The Morgan fingerprint density at radius 3 is 3.18 bits per heavy atom. The molecule has 0 saturated heterocycles. The lowest BCUT2D eigenvalue weighted by atomic mass is 10.4. The molecule has 0 fully saturated rings. The molecular formula is C6H9N3O2. The van der Waals surface area contributed by atoms with Crippen LogP contribution in [0.1, 0.15) is 5.56 Å². The molecule has 0 saturated carbocycles. The summed E-state index contributed by atoms with van der Waals surface area (Å²) in [5.41, 5.74) is 5.79. The van der Waals surface area contributed by atoms with Crippen LogP contribution in [0, 0.1) is 0 Å². The topological polar surface area (TPSA) is 81.2 Å². The van der Waals surface area contributed by atoms with E-state index in [-0.39, 0.29) is 12.5 Å². The molecule has 0 aliphatic carbocycles. The number of nitrogens with two attached hydrogens (primary N) is 1. The van der Waals surface area contributed by atoms with Crippen LogP contribution in [0.15, 0.2) is 17.0 Å². The number of carbonyl (C=O) groups is 1. The van der Waals surface area contributed by atoms with Gasteiger partial charge in [0.05, 0.1) is 12.7 Å². The Balaban J connectivity index is 2.19.